The van der Waals surface area contributed by atoms with E-state index in [1.165, 1.54) is 16.9 Å². The molecule has 0 amide bonds. The van der Waals surface area contributed by atoms with Gasteiger partial charge in [-0.3, -0.25) is 0 Å². The predicted molar refractivity (Wildman–Crippen MR) is 68.1 cm³/mol. The molecule has 0 bridgehead atoms. The standard InChI is InChI=1S/C13H13FN4O2/c1-18-16-13(15-17-18)9-20-12-8-10(4-2-3-7-19)5-6-11(12)14/h5-6,8,19H,3,7,9H2,1H3. The summed E-state index contributed by atoms with van der Waals surface area (Å²) in [6.45, 7) is 0.0220. The fourth-order valence-corrected chi connectivity index (χ4v) is 1.44. The highest BCUT2D eigenvalue weighted by Gasteiger charge is 2.07. The van der Waals surface area contributed by atoms with E-state index in [1.54, 1.807) is 13.1 Å². The number of rotatable bonds is 4. The zero-order valence-corrected chi connectivity index (χ0v) is 10.9. The zero-order valence-electron chi connectivity index (χ0n) is 10.9. The molecule has 104 valence electrons. The van der Waals surface area contributed by atoms with E-state index in [0.717, 1.165) is 0 Å². The molecule has 0 spiro atoms. The molecule has 2 rings (SSSR count). The lowest BCUT2D eigenvalue weighted by molar-refractivity contribution is 0.280. The lowest BCUT2D eigenvalue weighted by atomic mass is 10.2. The van der Waals surface area contributed by atoms with Crippen LogP contribution < -0.4 is 4.74 Å². The Kier molecular flexibility index (Phi) is 4.63. The molecule has 0 aliphatic carbocycles. The second-order valence-corrected chi connectivity index (χ2v) is 3.90. The van der Waals surface area contributed by atoms with Gasteiger partial charge in [-0.15, -0.1) is 10.2 Å². The van der Waals surface area contributed by atoms with Gasteiger partial charge in [-0.1, -0.05) is 11.8 Å². The molecule has 6 nitrogen and oxygen atoms in total. The number of aryl methyl sites for hydroxylation is 1. The fraction of sp³-hybridized carbons (Fsp3) is 0.308. The Hall–Kier alpha value is -2.46. The Labute approximate surface area is 115 Å². The van der Waals surface area contributed by atoms with Gasteiger partial charge in [0.2, 0.25) is 5.82 Å². The second-order valence-electron chi connectivity index (χ2n) is 3.90. The summed E-state index contributed by atoms with van der Waals surface area (Å²) in [7, 11) is 1.63. The van der Waals surface area contributed by atoms with Crippen LogP contribution in [0.1, 0.15) is 17.8 Å². The third kappa shape index (κ3) is 3.76. The Morgan fingerprint density at radius 2 is 2.30 bits per heavy atom. The van der Waals surface area contributed by atoms with Crippen molar-refractivity contribution < 1.29 is 14.2 Å². The van der Waals surface area contributed by atoms with Gasteiger partial charge in [0.1, 0.15) is 0 Å². The minimum atomic E-state index is -0.485. The first-order chi connectivity index (χ1) is 9.69. The van der Waals surface area contributed by atoms with Crippen LogP contribution >= 0.6 is 0 Å². The number of hydrogen-bond donors (Lipinski definition) is 1. The zero-order chi connectivity index (χ0) is 14.4. The fourth-order valence-electron chi connectivity index (χ4n) is 1.44. The first-order valence-electron chi connectivity index (χ1n) is 5.94. The molecule has 0 radical (unpaired) electrons. The van der Waals surface area contributed by atoms with Crippen molar-refractivity contribution in [3.05, 3.63) is 35.4 Å². The van der Waals surface area contributed by atoms with Crippen LogP contribution in [0.15, 0.2) is 18.2 Å². The first kappa shape index (κ1) is 14.0. The molecule has 1 aromatic heterocycles. The number of aliphatic hydroxyl groups is 1. The lowest BCUT2D eigenvalue weighted by Gasteiger charge is -2.05. The maximum absolute atomic E-state index is 13.6. The average molecular weight is 276 g/mol. The van der Waals surface area contributed by atoms with Crippen molar-refractivity contribution >= 4 is 0 Å². The molecule has 20 heavy (non-hydrogen) atoms. The topological polar surface area (TPSA) is 73.1 Å². The van der Waals surface area contributed by atoms with Crippen molar-refractivity contribution in [1.29, 1.82) is 0 Å². The second kappa shape index (κ2) is 6.63. The third-order valence-electron chi connectivity index (χ3n) is 2.31. The summed E-state index contributed by atoms with van der Waals surface area (Å²) < 4.78 is 18.9. The molecule has 0 saturated heterocycles. The first-order valence-corrected chi connectivity index (χ1v) is 5.94. The van der Waals surface area contributed by atoms with Gasteiger partial charge in [-0.2, -0.15) is 4.80 Å². The molecule has 0 aliphatic heterocycles. The van der Waals surface area contributed by atoms with Gasteiger partial charge >= 0.3 is 0 Å². The summed E-state index contributed by atoms with van der Waals surface area (Å²) in [4.78, 5) is 1.30. The summed E-state index contributed by atoms with van der Waals surface area (Å²) in [5.41, 5.74) is 0.613. The molecular formula is C13H13FN4O2. The molecule has 0 unspecified atom stereocenters. The van der Waals surface area contributed by atoms with Gasteiger partial charge in [0.25, 0.3) is 0 Å². The van der Waals surface area contributed by atoms with Crippen LogP contribution in [0.2, 0.25) is 0 Å². The highest BCUT2D eigenvalue weighted by molar-refractivity contribution is 5.40. The van der Waals surface area contributed by atoms with E-state index in [2.05, 4.69) is 27.3 Å². The summed E-state index contributed by atoms with van der Waals surface area (Å²) in [5, 5.41) is 20.0. The SMILES string of the molecule is Cn1nnc(COc2cc(C#CCCO)ccc2F)n1. The van der Waals surface area contributed by atoms with E-state index < -0.39 is 5.82 Å². The van der Waals surface area contributed by atoms with Crippen LogP contribution in [0.3, 0.4) is 0 Å². The van der Waals surface area contributed by atoms with Crippen LogP contribution in [0.4, 0.5) is 4.39 Å². The highest BCUT2D eigenvalue weighted by Crippen LogP contribution is 2.19. The van der Waals surface area contributed by atoms with Crippen molar-refractivity contribution in [2.45, 2.75) is 13.0 Å². The van der Waals surface area contributed by atoms with Gasteiger partial charge in [0.15, 0.2) is 18.2 Å². The minimum absolute atomic E-state index is 0.00407. The van der Waals surface area contributed by atoms with Crippen molar-refractivity contribution in [2.75, 3.05) is 6.61 Å². The molecular weight excluding hydrogens is 263 g/mol. The van der Waals surface area contributed by atoms with Crippen LogP contribution in [0, 0.1) is 17.7 Å². The Morgan fingerprint density at radius 3 is 3.00 bits per heavy atom. The molecule has 0 fully saturated rings. The molecule has 0 atom stereocenters. The molecule has 7 heteroatoms. The maximum Gasteiger partial charge on any atom is 0.212 e. The van der Waals surface area contributed by atoms with Gasteiger partial charge < -0.3 is 9.84 Å². The van der Waals surface area contributed by atoms with Crippen molar-refractivity contribution in [1.82, 2.24) is 20.2 Å². The predicted octanol–water partition coefficient (Wildman–Crippen LogP) is 0.662. The smallest absolute Gasteiger partial charge is 0.212 e. The number of tetrazole rings is 1. The quantitative estimate of drug-likeness (QED) is 0.831. The third-order valence-corrected chi connectivity index (χ3v) is 2.31. The molecule has 0 saturated carbocycles. The highest BCUT2D eigenvalue weighted by atomic mass is 19.1. The van der Waals surface area contributed by atoms with Crippen LogP contribution in [-0.4, -0.2) is 31.9 Å². The molecule has 0 aliphatic rings. The van der Waals surface area contributed by atoms with Gasteiger partial charge in [-0.25, -0.2) is 4.39 Å². The summed E-state index contributed by atoms with van der Waals surface area (Å²) in [6, 6.07) is 4.33. The number of aliphatic hydroxyl groups excluding tert-OH is 1. The Morgan fingerprint density at radius 1 is 1.45 bits per heavy atom. The van der Waals surface area contributed by atoms with Crippen LogP contribution in [-0.2, 0) is 13.7 Å². The Bertz CT molecular complexity index is 645. The number of hydrogen-bond acceptors (Lipinski definition) is 5. The van der Waals surface area contributed by atoms with E-state index >= 15 is 0 Å². The molecule has 2 aromatic rings. The number of aromatic nitrogens is 4. The van der Waals surface area contributed by atoms with Crippen LogP contribution in [0.25, 0.3) is 0 Å². The largest absolute Gasteiger partial charge is 0.482 e. The monoisotopic (exact) mass is 276 g/mol. The summed E-state index contributed by atoms with van der Waals surface area (Å²) >= 11 is 0. The minimum Gasteiger partial charge on any atom is -0.482 e. The summed E-state index contributed by atoms with van der Waals surface area (Å²) in [5.74, 6) is 5.53. The van der Waals surface area contributed by atoms with E-state index in [4.69, 9.17) is 9.84 Å². The van der Waals surface area contributed by atoms with Gasteiger partial charge in [0, 0.05) is 12.0 Å². The lowest BCUT2D eigenvalue weighted by Crippen LogP contribution is -2.01. The number of benzene rings is 1. The van der Waals surface area contributed by atoms with E-state index in [1.807, 2.05) is 0 Å². The van der Waals surface area contributed by atoms with E-state index in [-0.39, 0.29) is 19.0 Å². The van der Waals surface area contributed by atoms with Crippen molar-refractivity contribution in [3.8, 4) is 17.6 Å². The summed E-state index contributed by atoms with van der Waals surface area (Å²) in [6.07, 6.45) is 0.372. The number of halogens is 1. The van der Waals surface area contributed by atoms with Crippen molar-refractivity contribution in [2.24, 2.45) is 7.05 Å². The average Bonchev–Trinajstić information content (AvgIpc) is 2.85. The van der Waals surface area contributed by atoms with E-state index in [9.17, 15) is 4.39 Å². The molecule has 1 N–H and O–H groups in total. The van der Waals surface area contributed by atoms with Crippen LogP contribution in [0.5, 0.6) is 5.75 Å². The maximum atomic E-state index is 13.6. The Balaban J connectivity index is 2.07. The molecule has 1 heterocycles. The molecule has 1 aromatic carbocycles. The normalized spacial score (nSPS) is 9.95. The number of nitrogens with zero attached hydrogens (tertiary/aromatic N) is 4. The van der Waals surface area contributed by atoms with Gasteiger partial charge in [0.05, 0.1) is 13.7 Å². The van der Waals surface area contributed by atoms with Crippen molar-refractivity contribution in [3.63, 3.8) is 0 Å². The van der Waals surface area contributed by atoms with Gasteiger partial charge in [-0.05, 0) is 23.4 Å². The number of ether oxygens (including phenoxy) is 1. The van der Waals surface area contributed by atoms with E-state index in [0.29, 0.717) is 17.8 Å².